The molecule has 100 valence electrons. The van der Waals surface area contributed by atoms with Gasteiger partial charge in [-0.25, -0.2) is 0 Å². The molecule has 0 aliphatic carbocycles. The summed E-state index contributed by atoms with van der Waals surface area (Å²) in [6.45, 7) is 6.44. The van der Waals surface area contributed by atoms with Crippen molar-refractivity contribution in [3.05, 3.63) is 28.8 Å². The fourth-order valence-corrected chi connectivity index (χ4v) is 1.82. The molecule has 1 aromatic carbocycles. The maximum absolute atomic E-state index is 10.8. The number of likely N-dealkylation sites (N-methyl/N-ethyl adjacent to an activating group) is 1. The number of hydrogen-bond acceptors (Lipinski definition) is 3. The van der Waals surface area contributed by atoms with Gasteiger partial charge in [-0.2, -0.15) is 0 Å². The lowest BCUT2D eigenvalue weighted by atomic mass is 10.1. The predicted molar refractivity (Wildman–Crippen MR) is 71.2 cm³/mol. The molecule has 0 heterocycles. The van der Waals surface area contributed by atoms with Crippen LogP contribution in [-0.4, -0.2) is 30.8 Å². The van der Waals surface area contributed by atoms with Gasteiger partial charge in [0.05, 0.1) is 6.61 Å². The van der Waals surface area contributed by atoms with E-state index in [1.54, 1.807) is 7.05 Å². The average Bonchev–Trinajstić information content (AvgIpc) is 2.33. The number of aryl methyl sites for hydroxylation is 2. The van der Waals surface area contributed by atoms with Crippen LogP contribution < -0.4 is 10.1 Å². The minimum absolute atomic E-state index is 0.392. The Labute approximate surface area is 108 Å². The van der Waals surface area contributed by atoms with E-state index in [9.17, 15) is 4.79 Å². The van der Waals surface area contributed by atoms with E-state index in [0.717, 1.165) is 16.9 Å². The summed E-state index contributed by atoms with van der Waals surface area (Å²) in [4.78, 5) is 10.8. The second kappa shape index (κ2) is 6.40. The van der Waals surface area contributed by atoms with Crippen molar-refractivity contribution < 1.29 is 14.6 Å². The Kier molecular flexibility index (Phi) is 5.16. The molecule has 4 heteroatoms. The highest BCUT2D eigenvalue weighted by molar-refractivity contribution is 5.73. The molecular weight excluding hydrogens is 230 g/mol. The lowest BCUT2D eigenvalue weighted by Crippen LogP contribution is -2.35. The van der Waals surface area contributed by atoms with Gasteiger partial charge in [-0.3, -0.25) is 4.79 Å². The topological polar surface area (TPSA) is 58.6 Å². The number of aliphatic carboxylic acids is 1. The van der Waals surface area contributed by atoms with Crippen LogP contribution in [0.25, 0.3) is 0 Å². The summed E-state index contributed by atoms with van der Waals surface area (Å²) < 4.78 is 5.73. The maximum Gasteiger partial charge on any atom is 0.320 e. The standard InChI is InChI=1S/C14H21NO3/c1-9-5-6-10(2)13(11(9)3)18-8-7-12(15-4)14(16)17/h5-6,12,15H,7-8H2,1-4H3,(H,16,17). The Morgan fingerprint density at radius 3 is 2.50 bits per heavy atom. The summed E-state index contributed by atoms with van der Waals surface area (Å²) in [5.74, 6) is 0.0222. The van der Waals surface area contributed by atoms with Gasteiger partial charge in [0.15, 0.2) is 0 Å². The van der Waals surface area contributed by atoms with Crippen molar-refractivity contribution in [1.82, 2.24) is 5.32 Å². The van der Waals surface area contributed by atoms with E-state index < -0.39 is 12.0 Å². The molecule has 0 bridgehead atoms. The van der Waals surface area contributed by atoms with Crippen LogP contribution >= 0.6 is 0 Å². The van der Waals surface area contributed by atoms with E-state index in [-0.39, 0.29) is 0 Å². The van der Waals surface area contributed by atoms with Crippen LogP contribution in [0.1, 0.15) is 23.1 Å². The maximum atomic E-state index is 10.8. The molecule has 0 saturated carbocycles. The Morgan fingerprint density at radius 1 is 1.33 bits per heavy atom. The van der Waals surface area contributed by atoms with Crippen LogP contribution in [0.5, 0.6) is 5.75 Å². The van der Waals surface area contributed by atoms with Crippen molar-refractivity contribution in [2.24, 2.45) is 0 Å². The molecule has 1 unspecified atom stereocenters. The summed E-state index contributed by atoms with van der Waals surface area (Å²) in [7, 11) is 1.64. The van der Waals surface area contributed by atoms with Gasteiger partial charge in [-0.15, -0.1) is 0 Å². The number of carboxylic acids is 1. The van der Waals surface area contributed by atoms with E-state index >= 15 is 0 Å². The molecule has 1 rings (SSSR count). The quantitative estimate of drug-likeness (QED) is 0.812. The summed E-state index contributed by atoms with van der Waals surface area (Å²) in [5, 5.41) is 11.7. The zero-order valence-electron chi connectivity index (χ0n) is 11.4. The van der Waals surface area contributed by atoms with E-state index in [0.29, 0.717) is 13.0 Å². The fraction of sp³-hybridized carbons (Fsp3) is 0.500. The van der Waals surface area contributed by atoms with Crippen molar-refractivity contribution >= 4 is 5.97 Å². The van der Waals surface area contributed by atoms with Gasteiger partial charge < -0.3 is 15.2 Å². The lowest BCUT2D eigenvalue weighted by Gasteiger charge is -2.16. The third-order valence-electron chi connectivity index (χ3n) is 3.17. The van der Waals surface area contributed by atoms with Crippen molar-refractivity contribution in [3.8, 4) is 5.75 Å². The van der Waals surface area contributed by atoms with Gasteiger partial charge in [0, 0.05) is 6.42 Å². The molecule has 2 N–H and O–H groups in total. The van der Waals surface area contributed by atoms with Gasteiger partial charge in [-0.05, 0) is 44.5 Å². The number of carboxylic acid groups (broad SMARTS) is 1. The number of ether oxygens (including phenoxy) is 1. The van der Waals surface area contributed by atoms with E-state index in [2.05, 4.69) is 11.4 Å². The van der Waals surface area contributed by atoms with Gasteiger partial charge >= 0.3 is 5.97 Å². The SMILES string of the molecule is CNC(CCOc1c(C)ccc(C)c1C)C(=O)O. The van der Waals surface area contributed by atoms with Crippen LogP contribution in [0, 0.1) is 20.8 Å². The molecule has 0 spiro atoms. The molecule has 0 saturated heterocycles. The van der Waals surface area contributed by atoms with Crippen molar-refractivity contribution in [2.45, 2.75) is 33.2 Å². The largest absolute Gasteiger partial charge is 0.493 e. The number of nitrogens with one attached hydrogen (secondary N) is 1. The Morgan fingerprint density at radius 2 is 1.94 bits per heavy atom. The normalized spacial score (nSPS) is 12.2. The predicted octanol–water partition coefficient (Wildman–Crippen LogP) is 2.05. The zero-order valence-corrected chi connectivity index (χ0v) is 11.4. The summed E-state index contributed by atoms with van der Waals surface area (Å²) in [6.07, 6.45) is 0.443. The minimum Gasteiger partial charge on any atom is -0.493 e. The summed E-state index contributed by atoms with van der Waals surface area (Å²) in [6, 6.07) is 3.52. The molecule has 4 nitrogen and oxygen atoms in total. The molecule has 1 atom stereocenters. The van der Waals surface area contributed by atoms with Gasteiger partial charge in [0.2, 0.25) is 0 Å². The second-order valence-corrected chi connectivity index (χ2v) is 4.47. The Bertz CT molecular complexity index is 429. The van der Waals surface area contributed by atoms with Gasteiger partial charge in [0.1, 0.15) is 11.8 Å². The summed E-state index contributed by atoms with van der Waals surface area (Å²) >= 11 is 0. The van der Waals surface area contributed by atoms with Crippen molar-refractivity contribution in [3.63, 3.8) is 0 Å². The van der Waals surface area contributed by atoms with E-state index in [1.807, 2.05) is 26.8 Å². The Balaban J connectivity index is 2.64. The molecule has 18 heavy (non-hydrogen) atoms. The van der Waals surface area contributed by atoms with E-state index in [1.165, 1.54) is 5.56 Å². The lowest BCUT2D eigenvalue weighted by molar-refractivity contribution is -0.139. The molecular formula is C14H21NO3. The van der Waals surface area contributed by atoms with Crippen molar-refractivity contribution in [1.29, 1.82) is 0 Å². The zero-order chi connectivity index (χ0) is 13.7. The van der Waals surface area contributed by atoms with Crippen LogP contribution in [0.15, 0.2) is 12.1 Å². The summed E-state index contributed by atoms with van der Waals surface area (Å²) in [5.41, 5.74) is 3.37. The number of rotatable bonds is 6. The number of benzene rings is 1. The van der Waals surface area contributed by atoms with E-state index in [4.69, 9.17) is 9.84 Å². The molecule has 0 aromatic heterocycles. The molecule has 0 radical (unpaired) electrons. The third-order valence-corrected chi connectivity index (χ3v) is 3.17. The molecule has 0 amide bonds. The van der Waals surface area contributed by atoms with Crippen LogP contribution in [0.3, 0.4) is 0 Å². The molecule has 0 aliphatic heterocycles. The molecule has 0 fully saturated rings. The first kappa shape index (κ1) is 14.5. The highest BCUT2D eigenvalue weighted by atomic mass is 16.5. The van der Waals surface area contributed by atoms with Crippen LogP contribution in [0.2, 0.25) is 0 Å². The average molecular weight is 251 g/mol. The van der Waals surface area contributed by atoms with Crippen LogP contribution in [-0.2, 0) is 4.79 Å². The minimum atomic E-state index is -0.848. The first-order valence-corrected chi connectivity index (χ1v) is 6.07. The van der Waals surface area contributed by atoms with Crippen molar-refractivity contribution in [2.75, 3.05) is 13.7 Å². The smallest absolute Gasteiger partial charge is 0.320 e. The fourth-order valence-electron chi connectivity index (χ4n) is 1.82. The molecule has 1 aromatic rings. The number of hydrogen-bond donors (Lipinski definition) is 2. The van der Waals surface area contributed by atoms with Crippen LogP contribution in [0.4, 0.5) is 0 Å². The first-order valence-electron chi connectivity index (χ1n) is 6.07. The number of carbonyl (C=O) groups is 1. The molecule has 0 aliphatic rings. The first-order chi connectivity index (χ1) is 8.47. The highest BCUT2D eigenvalue weighted by Gasteiger charge is 2.15. The third kappa shape index (κ3) is 3.47. The monoisotopic (exact) mass is 251 g/mol. The van der Waals surface area contributed by atoms with Gasteiger partial charge in [-0.1, -0.05) is 12.1 Å². The second-order valence-electron chi connectivity index (χ2n) is 4.47. The van der Waals surface area contributed by atoms with Gasteiger partial charge in [0.25, 0.3) is 0 Å². The Hall–Kier alpha value is -1.55. The highest BCUT2D eigenvalue weighted by Crippen LogP contribution is 2.25.